The Bertz CT molecular complexity index is 121. The molecule has 0 aliphatic heterocycles. The predicted molar refractivity (Wildman–Crippen MR) is 26.1 cm³/mol. The van der Waals surface area contributed by atoms with Crippen LogP contribution in [0.3, 0.4) is 0 Å². The van der Waals surface area contributed by atoms with Gasteiger partial charge in [-0.2, -0.15) is 10.5 Å². The van der Waals surface area contributed by atoms with Crippen molar-refractivity contribution < 1.29 is 0 Å². The average molecular weight is 103 g/mol. The van der Waals surface area contributed by atoms with Crippen molar-refractivity contribution in [2.24, 2.45) is 0 Å². The van der Waals surface area contributed by atoms with E-state index in [-0.39, 0.29) is 29.6 Å². The second kappa shape index (κ2) is 5.65. The molecule has 0 spiro atoms. The van der Waals surface area contributed by atoms with Crippen molar-refractivity contribution in [1.82, 2.24) is 0 Å². The van der Waals surface area contributed by atoms with Gasteiger partial charge in [0, 0.05) is 0 Å². The zero-order chi connectivity index (χ0) is 4.99. The molecule has 3 nitrogen and oxygen atoms in total. The molecular formula is C3H2N3Na. The van der Waals surface area contributed by atoms with Gasteiger partial charge in [0.05, 0.1) is 0 Å². The van der Waals surface area contributed by atoms with Gasteiger partial charge in [0.1, 0.15) is 12.1 Å². The van der Waals surface area contributed by atoms with Crippen LogP contribution < -0.4 is 0 Å². The summed E-state index contributed by atoms with van der Waals surface area (Å²) in [5.41, 5.74) is -0.546. The van der Waals surface area contributed by atoms with Gasteiger partial charge in [-0.05, 0) is 0 Å². The number of hydrogen-bond acceptors (Lipinski definition) is 3. The van der Waals surface area contributed by atoms with Crippen molar-refractivity contribution >= 4 is 35.3 Å². The average Bonchev–Trinajstić information content (AvgIpc) is 1.65. The van der Waals surface area contributed by atoms with Gasteiger partial charge in [-0.15, -0.1) is 0 Å². The van der Waals surface area contributed by atoms with E-state index in [2.05, 4.69) is 0 Å². The van der Waals surface area contributed by atoms with Crippen LogP contribution in [0.4, 0.5) is 0 Å². The number of hydrogen-bond donors (Lipinski definition) is 1. The fraction of sp³-hybridized carbons (Fsp3) is 0. The summed E-state index contributed by atoms with van der Waals surface area (Å²) >= 11 is 0. The minimum atomic E-state index is -0.546. The zero-order valence-electron chi connectivity index (χ0n) is 2.89. The van der Waals surface area contributed by atoms with Crippen molar-refractivity contribution in [3.63, 3.8) is 0 Å². The van der Waals surface area contributed by atoms with Gasteiger partial charge in [0.25, 0.3) is 0 Å². The molecule has 4 heteroatoms. The van der Waals surface area contributed by atoms with Crippen molar-refractivity contribution in [1.29, 1.82) is 15.9 Å². The summed E-state index contributed by atoms with van der Waals surface area (Å²) in [7, 11) is 0. The first-order chi connectivity index (χ1) is 2.81. The van der Waals surface area contributed by atoms with E-state index in [1.807, 2.05) is 0 Å². The molecule has 0 atom stereocenters. The van der Waals surface area contributed by atoms with Crippen molar-refractivity contribution in [3.8, 4) is 12.1 Å². The minimum absolute atomic E-state index is 0. The predicted octanol–water partition coefficient (Wildman–Crippen LogP) is -0.595. The molecule has 0 saturated heterocycles. The second-order valence-corrected chi connectivity index (χ2v) is 0.599. The summed E-state index contributed by atoms with van der Waals surface area (Å²) < 4.78 is 0. The molecule has 0 bridgehead atoms. The zero-order valence-corrected chi connectivity index (χ0v) is 2.89. The van der Waals surface area contributed by atoms with Crippen molar-refractivity contribution in [3.05, 3.63) is 0 Å². The summed E-state index contributed by atoms with van der Waals surface area (Å²) in [6.07, 6.45) is 0. The topological polar surface area (TPSA) is 71.4 Å². The third-order valence-electron chi connectivity index (χ3n) is 0.224. The van der Waals surface area contributed by atoms with Gasteiger partial charge in [0.2, 0.25) is 5.71 Å². The van der Waals surface area contributed by atoms with Crippen LogP contribution in [-0.2, 0) is 0 Å². The molecule has 0 aliphatic carbocycles. The van der Waals surface area contributed by atoms with E-state index in [0.717, 1.165) is 0 Å². The molecule has 30 valence electrons. The Morgan fingerprint density at radius 3 is 1.57 bits per heavy atom. The SMILES string of the molecule is N#CC(=N)C#N.[NaH]. The van der Waals surface area contributed by atoms with Crippen LogP contribution in [0.25, 0.3) is 0 Å². The van der Waals surface area contributed by atoms with Gasteiger partial charge in [-0.1, -0.05) is 0 Å². The summed E-state index contributed by atoms with van der Waals surface area (Å²) in [6, 6.07) is 2.67. The van der Waals surface area contributed by atoms with Crippen LogP contribution in [-0.4, -0.2) is 35.3 Å². The van der Waals surface area contributed by atoms with E-state index < -0.39 is 5.71 Å². The van der Waals surface area contributed by atoms with Crippen LogP contribution in [0, 0.1) is 28.1 Å². The summed E-state index contributed by atoms with van der Waals surface area (Å²) in [5, 5.41) is 21.5. The number of rotatable bonds is 0. The number of nitrogens with one attached hydrogen (secondary N) is 1. The molecule has 0 fully saturated rings. The van der Waals surface area contributed by atoms with Gasteiger partial charge in [-0.3, -0.25) is 5.41 Å². The summed E-state index contributed by atoms with van der Waals surface area (Å²) in [5.74, 6) is 0. The van der Waals surface area contributed by atoms with Gasteiger partial charge in [-0.25, -0.2) is 0 Å². The maximum atomic E-state index is 7.64. The summed E-state index contributed by atoms with van der Waals surface area (Å²) in [6.45, 7) is 0. The Morgan fingerprint density at radius 1 is 1.29 bits per heavy atom. The molecule has 0 saturated carbocycles. The third-order valence-corrected chi connectivity index (χ3v) is 0.224. The van der Waals surface area contributed by atoms with E-state index in [0.29, 0.717) is 0 Å². The maximum absolute atomic E-state index is 7.64. The van der Waals surface area contributed by atoms with E-state index in [4.69, 9.17) is 15.9 Å². The van der Waals surface area contributed by atoms with Crippen LogP contribution in [0.2, 0.25) is 0 Å². The normalized spacial score (nSPS) is 4.29. The van der Waals surface area contributed by atoms with Crippen molar-refractivity contribution in [2.45, 2.75) is 0 Å². The molecule has 0 heterocycles. The Balaban J connectivity index is 0. The molecule has 0 rings (SSSR count). The fourth-order valence-corrected chi connectivity index (χ4v) is 0.0250. The first-order valence-electron chi connectivity index (χ1n) is 1.20. The standard InChI is InChI=1S/C3HN3.Na.H/c4-1-3(6)2-5;;/h6H;;. The van der Waals surface area contributed by atoms with Gasteiger partial charge < -0.3 is 0 Å². The van der Waals surface area contributed by atoms with E-state index in [9.17, 15) is 0 Å². The molecule has 0 aromatic carbocycles. The molecule has 1 N–H and O–H groups in total. The Kier molecular flexibility index (Phi) is 7.92. The first kappa shape index (κ1) is 9.82. The number of nitrogens with zero attached hydrogens (tertiary/aromatic N) is 2. The monoisotopic (exact) mass is 103 g/mol. The second-order valence-electron chi connectivity index (χ2n) is 0.599. The van der Waals surface area contributed by atoms with Crippen LogP contribution >= 0.6 is 0 Å². The Labute approximate surface area is 63.4 Å². The summed E-state index contributed by atoms with van der Waals surface area (Å²) in [4.78, 5) is 0. The van der Waals surface area contributed by atoms with Crippen LogP contribution in [0.15, 0.2) is 0 Å². The van der Waals surface area contributed by atoms with Gasteiger partial charge >= 0.3 is 29.6 Å². The van der Waals surface area contributed by atoms with Crippen molar-refractivity contribution in [2.75, 3.05) is 0 Å². The molecule has 7 heavy (non-hydrogen) atoms. The third kappa shape index (κ3) is 5.65. The molecule has 0 radical (unpaired) electrons. The van der Waals surface area contributed by atoms with Gasteiger partial charge in [0.15, 0.2) is 0 Å². The number of nitriles is 2. The van der Waals surface area contributed by atoms with E-state index in [1.165, 1.54) is 12.1 Å². The fourth-order valence-electron chi connectivity index (χ4n) is 0.0250. The molecule has 0 aliphatic rings. The Morgan fingerprint density at radius 2 is 1.57 bits per heavy atom. The van der Waals surface area contributed by atoms with Crippen LogP contribution in [0.5, 0.6) is 0 Å². The van der Waals surface area contributed by atoms with Crippen LogP contribution in [0.1, 0.15) is 0 Å². The Hall–Kier alpha value is -0.350. The van der Waals surface area contributed by atoms with E-state index >= 15 is 0 Å². The van der Waals surface area contributed by atoms with E-state index in [1.54, 1.807) is 0 Å². The molecule has 0 unspecified atom stereocenters. The molecular weight excluding hydrogens is 101 g/mol. The molecule has 0 amide bonds. The molecule has 0 aromatic rings. The quantitative estimate of drug-likeness (QED) is 0.328. The molecule has 0 aromatic heterocycles. The first-order valence-corrected chi connectivity index (χ1v) is 1.20.